The summed E-state index contributed by atoms with van der Waals surface area (Å²) in [7, 11) is -1.78. The Kier molecular flexibility index (Phi) is 5.58. The molecule has 132 valence electrons. The van der Waals surface area contributed by atoms with Crippen LogP contribution in [0.15, 0.2) is 35.9 Å². The number of allylic oxidation sites excluding steroid dienone is 1. The van der Waals surface area contributed by atoms with Crippen molar-refractivity contribution in [2.75, 3.05) is 0 Å². The zero-order valence-electron chi connectivity index (χ0n) is 14.2. The summed E-state index contributed by atoms with van der Waals surface area (Å²) in [5.41, 5.74) is 0.862. The van der Waals surface area contributed by atoms with E-state index in [2.05, 4.69) is 25.7 Å². The normalized spacial score (nSPS) is 16.7. The van der Waals surface area contributed by atoms with Gasteiger partial charge in [0, 0.05) is 0 Å². The van der Waals surface area contributed by atoms with Crippen molar-refractivity contribution >= 4 is 14.0 Å². The van der Waals surface area contributed by atoms with Gasteiger partial charge in [0.15, 0.2) is 0 Å². The summed E-state index contributed by atoms with van der Waals surface area (Å²) in [5, 5.41) is 0. The lowest BCUT2D eigenvalue weighted by atomic mass is 10.1. The lowest BCUT2D eigenvalue weighted by Gasteiger charge is -2.28. The minimum Gasteiger partial charge on any atom is -0.461 e. The fourth-order valence-corrected chi connectivity index (χ4v) is 5.21. The summed E-state index contributed by atoms with van der Waals surface area (Å²) in [4.78, 5) is 12.6. The van der Waals surface area contributed by atoms with E-state index in [1.54, 1.807) is 0 Å². The third kappa shape index (κ3) is 4.72. The molecule has 0 bridgehead atoms. The monoisotopic (exact) mass is 356 g/mol. The summed E-state index contributed by atoms with van der Waals surface area (Å²) in [5.74, 6) is -0.248. The van der Waals surface area contributed by atoms with E-state index < -0.39 is 19.8 Å². The Morgan fingerprint density at radius 3 is 2.29 bits per heavy atom. The molecule has 0 heterocycles. The van der Waals surface area contributed by atoms with Gasteiger partial charge in [0.25, 0.3) is 0 Å². The molecule has 1 atom stereocenters. The fraction of sp³-hybridized carbons (Fsp3) is 0.500. The third-order valence-corrected chi connectivity index (χ3v) is 6.55. The van der Waals surface area contributed by atoms with Crippen LogP contribution in [0.3, 0.4) is 0 Å². The predicted octanol–water partition coefficient (Wildman–Crippen LogP) is 5.57. The van der Waals surface area contributed by atoms with Crippen molar-refractivity contribution in [3.05, 3.63) is 47.0 Å². The molecule has 0 saturated heterocycles. The van der Waals surface area contributed by atoms with Gasteiger partial charge in [0.05, 0.1) is 19.2 Å². The number of ether oxygens (including phenoxy) is 1. The molecule has 0 fully saturated rings. The molecule has 0 aliphatic heterocycles. The zero-order valence-corrected chi connectivity index (χ0v) is 15.2. The van der Waals surface area contributed by atoms with Crippen LogP contribution in [0.5, 0.6) is 0 Å². The molecule has 24 heavy (non-hydrogen) atoms. The maximum Gasteiger partial charge on any atom is 0.416 e. The highest BCUT2D eigenvalue weighted by atomic mass is 28.3. The summed E-state index contributed by atoms with van der Waals surface area (Å²) in [6.45, 7) is 6.41. The number of halogens is 3. The quantitative estimate of drug-likeness (QED) is 0.392. The second-order valence-corrected chi connectivity index (χ2v) is 12.6. The van der Waals surface area contributed by atoms with Crippen LogP contribution in [-0.4, -0.2) is 14.0 Å². The first-order chi connectivity index (χ1) is 11.1. The Morgan fingerprint density at radius 2 is 1.83 bits per heavy atom. The van der Waals surface area contributed by atoms with E-state index in [0.717, 1.165) is 31.4 Å². The first-order valence-electron chi connectivity index (χ1n) is 8.11. The van der Waals surface area contributed by atoms with Gasteiger partial charge >= 0.3 is 12.1 Å². The average molecular weight is 356 g/mol. The Balaban J connectivity index is 2.03. The highest BCUT2D eigenvalue weighted by Gasteiger charge is 2.37. The van der Waals surface area contributed by atoms with Crippen molar-refractivity contribution in [1.29, 1.82) is 0 Å². The van der Waals surface area contributed by atoms with E-state index in [1.807, 2.05) is 0 Å². The molecule has 0 N–H and O–H groups in total. The lowest BCUT2D eigenvalue weighted by molar-refractivity contribution is -0.144. The van der Waals surface area contributed by atoms with Crippen molar-refractivity contribution in [3.63, 3.8) is 0 Å². The van der Waals surface area contributed by atoms with Crippen LogP contribution in [0, 0.1) is 0 Å². The Morgan fingerprint density at radius 1 is 1.21 bits per heavy atom. The maximum atomic E-state index is 12.6. The Hall–Kier alpha value is -1.56. The van der Waals surface area contributed by atoms with E-state index in [-0.39, 0.29) is 18.1 Å². The first kappa shape index (κ1) is 18.8. The summed E-state index contributed by atoms with van der Waals surface area (Å²) < 4.78 is 43.1. The average Bonchev–Trinajstić information content (AvgIpc) is 2.97. The molecule has 1 unspecified atom stereocenters. The number of carbonyl (C=O) groups is 1. The van der Waals surface area contributed by atoms with Crippen LogP contribution in [-0.2, 0) is 22.3 Å². The van der Waals surface area contributed by atoms with Crippen molar-refractivity contribution in [3.8, 4) is 0 Å². The molecule has 1 aromatic rings. The number of hydrogen-bond donors (Lipinski definition) is 0. The van der Waals surface area contributed by atoms with E-state index in [0.29, 0.717) is 5.56 Å². The predicted molar refractivity (Wildman–Crippen MR) is 90.3 cm³/mol. The number of carbonyl (C=O) groups excluding carboxylic acids is 1. The molecule has 0 aromatic heterocycles. The first-order valence-corrected chi connectivity index (χ1v) is 11.7. The van der Waals surface area contributed by atoms with Gasteiger partial charge in [-0.3, -0.25) is 4.79 Å². The molecule has 1 aromatic carbocycles. The highest BCUT2D eigenvalue weighted by Crippen LogP contribution is 2.37. The summed E-state index contributed by atoms with van der Waals surface area (Å²) >= 11 is 0. The number of benzene rings is 1. The van der Waals surface area contributed by atoms with Crippen molar-refractivity contribution in [2.45, 2.75) is 57.2 Å². The SMILES string of the molecule is C[Si](C)(C)C(C(=O)OCc1ccc(C(F)(F)F)cc1)C1=CCCC1. The van der Waals surface area contributed by atoms with Gasteiger partial charge in [-0.25, -0.2) is 0 Å². The van der Waals surface area contributed by atoms with Crippen molar-refractivity contribution in [1.82, 2.24) is 0 Å². The Labute approximate surface area is 141 Å². The van der Waals surface area contributed by atoms with Crippen LogP contribution >= 0.6 is 0 Å². The highest BCUT2D eigenvalue weighted by molar-refractivity contribution is 6.81. The van der Waals surface area contributed by atoms with Gasteiger partial charge < -0.3 is 4.74 Å². The second-order valence-electron chi connectivity index (χ2n) is 7.27. The molecular weight excluding hydrogens is 333 g/mol. The molecular formula is C18H23F3O2Si. The smallest absolute Gasteiger partial charge is 0.416 e. The van der Waals surface area contributed by atoms with Crippen molar-refractivity contribution in [2.24, 2.45) is 0 Å². The molecule has 2 nitrogen and oxygen atoms in total. The molecule has 0 spiro atoms. The number of alkyl halides is 3. The molecule has 2 rings (SSSR count). The molecule has 0 saturated carbocycles. The van der Waals surface area contributed by atoms with E-state index in [4.69, 9.17) is 4.74 Å². The van der Waals surface area contributed by atoms with Crippen LogP contribution in [0.1, 0.15) is 30.4 Å². The maximum absolute atomic E-state index is 12.6. The molecule has 6 heteroatoms. The van der Waals surface area contributed by atoms with Gasteiger partial charge in [-0.2, -0.15) is 13.2 Å². The second kappa shape index (κ2) is 7.13. The number of esters is 1. The third-order valence-electron chi connectivity index (χ3n) is 4.21. The number of rotatable bonds is 5. The minimum absolute atomic E-state index is 0.00519. The molecule has 0 amide bonds. The zero-order chi connectivity index (χ0) is 18.0. The van der Waals surface area contributed by atoms with Gasteiger partial charge in [0.1, 0.15) is 6.61 Å². The lowest BCUT2D eigenvalue weighted by Crippen LogP contribution is -2.35. The molecule has 0 radical (unpaired) electrons. The van der Waals surface area contributed by atoms with Gasteiger partial charge in [-0.05, 0) is 37.0 Å². The van der Waals surface area contributed by atoms with Gasteiger partial charge in [0.2, 0.25) is 0 Å². The van der Waals surface area contributed by atoms with Gasteiger partial charge in [-0.15, -0.1) is 0 Å². The largest absolute Gasteiger partial charge is 0.461 e. The van der Waals surface area contributed by atoms with Crippen molar-refractivity contribution < 1.29 is 22.7 Å². The topological polar surface area (TPSA) is 26.3 Å². The van der Waals surface area contributed by atoms with Gasteiger partial charge in [-0.1, -0.05) is 43.4 Å². The fourth-order valence-electron chi connectivity index (χ4n) is 3.05. The Bertz CT molecular complexity index is 613. The standard InChI is InChI=1S/C18H23F3O2Si/c1-24(2,3)16(14-6-4-5-7-14)17(22)23-12-13-8-10-15(11-9-13)18(19,20)21/h6,8-11,16H,4-5,7,12H2,1-3H3. The minimum atomic E-state index is -4.35. The summed E-state index contributed by atoms with van der Waals surface area (Å²) in [6, 6.07) is 4.74. The van der Waals surface area contributed by atoms with E-state index >= 15 is 0 Å². The van der Waals surface area contributed by atoms with Crippen LogP contribution in [0.2, 0.25) is 25.2 Å². The van der Waals surface area contributed by atoms with Crippen LogP contribution < -0.4 is 0 Å². The van der Waals surface area contributed by atoms with Crippen LogP contribution in [0.25, 0.3) is 0 Å². The molecule has 1 aliphatic rings. The summed E-state index contributed by atoms with van der Waals surface area (Å²) in [6.07, 6.45) is 0.796. The van der Waals surface area contributed by atoms with E-state index in [9.17, 15) is 18.0 Å². The van der Waals surface area contributed by atoms with E-state index in [1.165, 1.54) is 17.7 Å². The van der Waals surface area contributed by atoms with Crippen LogP contribution in [0.4, 0.5) is 13.2 Å². The number of hydrogen-bond acceptors (Lipinski definition) is 2. The molecule has 1 aliphatic carbocycles.